The van der Waals surface area contributed by atoms with E-state index < -0.39 is 26.0 Å². The molecule has 0 saturated carbocycles. The molecule has 10 heavy (non-hydrogen) atoms. The average molecular weight is 184 g/mol. The first kappa shape index (κ1) is 9.80. The minimum atomic E-state index is -3.40. The van der Waals surface area contributed by atoms with Gasteiger partial charge in [0.1, 0.15) is 0 Å². The summed E-state index contributed by atoms with van der Waals surface area (Å²) in [6.07, 6.45) is 1.18. The van der Waals surface area contributed by atoms with E-state index in [1.54, 1.807) is 0 Å². The smallest absolute Gasteiger partial charge is 0.168 e. The summed E-state index contributed by atoms with van der Waals surface area (Å²) in [5.41, 5.74) is 0. The number of rotatable bonds is 4. The standard InChI is InChI=1S/C4H8O4S2/c1-2-3-10(7,8)4-9(5)6/h2H,1,3-4H2,(H,5,6). The van der Waals surface area contributed by atoms with Crippen LogP contribution in [0.1, 0.15) is 0 Å². The van der Waals surface area contributed by atoms with Crippen molar-refractivity contribution >= 4 is 20.9 Å². The molecule has 0 spiro atoms. The van der Waals surface area contributed by atoms with Crippen LogP contribution in [0.15, 0.2) is 12.7 Å². The highest BCUT2D eigenvalue weighted by atomic mass is 32.3. The highest BCUT2D eigenvalue weighted by Crippen LogP contribution is 1.91. The van der Waals surface area contributed by atoms with Gasteiger partial charge in [-0.1, -0.05) is 6.08 Å². The molecule has 6 heteroatoms. The van der Waals surface area contributed by atoms with Crippen LogP contribution in [0.2, 0.25) is 0 Å². The quantitative estimate of drug-likeness (QED) is 0.484. The maximum Gasteiger partial charge on any atom is 0.168 e. The van der Waals surface area contributed by atoms with Gasteiger partial charge in [-0.3, -0.25) is 0 Å². The zero-order valence-corrected chi connectivity index (χ0v) is 6.82. The Balaban J connectivity index is 4.14. The van der Waals surface area contributed by atoms with Crippen LogP contribution < -0.4 is 0 Å². The van der Waals surface area contributed by atoms with Crippen LogP contribution in [-0.4, -0.2) is 28.0 Å². The van der Waals surface area contributed by atoms with Gasteiger partial charge < -0.3 is 4.55 Å². The molecule has 0 aliphatic carbocycles. The molecule has 0 aliphatic rings. The van der Waals surface area contributed by atoms with E-state index in [0.29, 0.717) is 0 Å². The molecule has 0 fully saturated rings. The highest BCUT2D eigenvalue weighted by Gasteiger charge is 2.11. The molecule has 0 aromatic carbocycles. The summed E-state index contributed by atoms with van der Waals surface area (Å²) in [6, 6.07) is 0. The van der Waals surface area contributed by atoms with Crippen molar-refractivity contribution in [1.82, 2.24) is 0 Å². The lowest BCUT2D eigenvalue weighted by Gasteiger charge is -1.94. The van der Waals surface area contributed by atoms with E-state index >= 15 is 0 Å². The summed E-state index contributed by atoms with van der Waals surface area (Å²) in [4.78, 5) is 0. The van der Waals surface area contributed by atoms with Crippen LogP contribution in [0.4, 0.5) is 0 Å². The van der Waals surface area contributed by atoms with Gasteiger partial charge in [0.25, 0.3) is 0 Å². The lowest BCUT2D eigenvalue weighted by Crippen LogP contribution is -2.12. The monoisotopic (exact) mass is 184 g/mol. The molecule has 0 aliphatic heterocycles. The molecule has 0 heterocycles. The third-order valence-electron chi connectivity index (χ3n) is 0.652. The van der Waals surface area contributed by atoms with Gasteiger partial charge >= 0.3 is 0 Å². The Morgan fingerprint density at radius 3 is 2.40 bits per heavy atom. The SMILES string of the molecule is C=CCS(=O)(=O)CS(=O)O. The van der Waals surface area contributed by atoms with Gasteiger partial charge in [-0.25, -0.2) is 12.6 Å². The first-order valence-electron chi connectivity index (χ1n) is 2.37. The van der Waals surface area contributed by atoms with Crippen molar-refractivity contribution in [3.63, 3.8) is 0 Å². The first-order valence-corrected chi connectivity index (χ1v) is 5.46. The Morgan fingerprint density at radius 1 is 1.60 bits per heavy atom. The molecule has 0 aromatic rings. The Hall–Kier alpha value is -0.200. The van der Waals surface area contributed by atoms with E-state index in [1.807, 2.05) is 0 Å². The molecule has 0 radical (unpaired) electrons. The topological polar surface area (TPSA) is 71.4 Å². The van der Waals surface area contributed by atoms with Crippen molar-refractivity contribution in [2.75, 3.05) is 10.8 Å². The molecule has 4 nitrogen and oxygen atoms in total. The number of hydrogen-bond acceptors (Lipinski definition) is 3. The molecule has 0 saturated heterocycles. The lowest BCUT2D eigenvalue weighted by atomic mass is 10.8. The number of hydrogen-bond donors (Lipinski definition) is 1. The van der Waals surface area contributed by atoms with E-state index in [4.69, 9.17) is 4.55 Å². The predicted molar refractivity (Wildman–Crippen MR) is 39.6 cm³/mol. The predicted octanol–water partition coefficient (Wildman–Crippen LogP) is -0.234. The summed E-state index contributed by atoms with van der Waals surface area (Å²) in [6.45, 7) is 3.19. The fraction of sp³-hybridized carbons (Fsp3) is 0.500. The highest BCUT2D eigenvalue weighted by molar-refractivity contribution is 8.03. The summed E-state index contributed by atoms with van der Waals surface area (Å²) < 4.78 is 39.4. The molecular weight excluding hydrogens is 176 g/mol. The van der Waals surface area contributed by atoms with Crippen LogP contribution in [0.3, 0.4) is 0 Å². The summed E-state index contributed by atoms with van der Waals surface area (Å²) in [5.74, 6) is -0.251. The Kier molecular flexibility index (Phi) is 3.77. The maximum absolute atomic E-state index is 10.6. The third kappa shape index (κ3) is 4.66. The summed E-state index contributed by atoms with van der Waals surface area (Å²) in [7, 11) is -3.40. The Labute approximate surface area is 62.1 Å². The second-order valence-electron chi connectivity index (χ2n) is 1.64. The van der Waals surface area contributed by atoms with E-state index in [-0.39, 0.29) is 5.75 Å². The van der Waals surface area contributed by atoms with Crippen LogP contribution >= 0.6 is 0 Å². The van der Waals surface area contributed by atoms with Crippen LogP contribution in [0.25, 0.3) is 0 Å². The zero-order chi connectivity index (χ0) is 8.20. The maximum atomic E-state index is 10.6. The van der Waals surface area contributed by atoms with Crippen molar-refractivity contribution in [1.29, 1.82) is 0 Å². The van der Waals surface area contributed by atoms with E-state index in [1.165, 1.54) is 6.08 Å². The Morgan fingerprint density at radius 2 is 2.10 bits per heavy atom. The van der Waals surface area contributed by atoms with Gasteiger partial charge in [0.15, 0.2) is 26.0 Å². The molecule has 0 amide bonds. The van der Waals surface area contributed by atoms with Gasteiger partial charge in [-0.15, -0.1) is 6.58 Å². The molecule has 0 bridgehead atoms. The molecule has 60 valence electrons. The van der Waals surface area contributed by atoms with Gasteiger partial charge in [0.2, 0.25) is 0 Å². The summed E-state index contributed by atoms with van der Waals surface area (Å²) in [5, 5.41) is -0.709. The van der Waals surface area contributed by atoms with Crippen molar-refractivity contribution in [2.45, 2.75) is 0 Å². The molecule has 1 N–H and O–H groups in total. The molecular formula is C4H8O4S2. The minimum Gasteiger partial charge on any atom is -0.305 e. The van der Waals surface area contributed by atoms with Gasteiger partial charge in [-0.2, -0.15) is 0 Å². The van der Waals surface area contributed by atoms with Crippen LogP contribution in [-0.2, 0) is 20.9 Å². The van der Waals surface area contributed by atoms with E-state index in [9.17, 15) is 12.6 Å². The average Bonchev–Trinajstić information content (AvgIpc) is 1.59. The molecule has 0 rings (SSSR count). The summed E-state index contributed by atoms with van der Waals surface area (Å²) >= 11 is -2.27. The van der Waals surface area contributed by atoms with Crippen molar-refractivity contribution in [3.05, 3.63) is 12.7 Å². The van der Waals surface area contributed by atoms with E-state index in [0.717, 1.165) is 0 Å². The first-order chi connectivity index (χ1) is 4.48. The second-order valence-corrected chi connectivity index (χ2v) is 5.04. The normalized spacial score (nSPS) is 14.5. The van der Waals surface area contributed by atoms with Gasteiger partial charge in [0, 0.05) is 0 Å². The third-order valence-corrected chi connectivity index (χ3v) is 3.64. The molecule has 1 unspecified atom stereocenters. The van der Waals surface area contributed by atoms with Gasteiger partial charge in [-0.05, 0) is 0 Å². The molecule has 0 aromatic heterocycles. The second kappa shape index (κ2) is 3.85. The number of sulfone groups is 1. The van der Waals surface area contributed by atoms with Crippen LogP contribution in [0.5, 0.6) is 0 Å². The lowest BCUT2D eigenvalue weighted by molar-refractivity contribution is 0.565. The molecule has 1 atom stereocenters. The van der Waals surface area contributed by atoms with Gasteiger partial charge in [0.05, 0.1) is 5.75 Å². The van der Waals surface area contributed by atoms with Crippen molar-refractivity contribution in [3.8, 4) is 0 Å². The van der Waals surface area contributed by atoms with Crippen LogP contribution in [0, 0.1) is 0 Å². The van der Waals surface area contributed by atoms with Crippen molar-refractivity contribution < 1.29 is 17.2 Å². The Bertz CT molecular complexity index is 228. The minimum absolute atomic E-state index is 0.251. The fourth-order valence-electron chi connectivity index (χ4n) is 0.381. The fourth-order valence-corrected chi connectivity index (χ4v) is 2.35. The van der Waals surface area contributed by atoms with E-state index in [2.05, 4.69) is 6.58 Å². The zero-order valence-electron chi connectivity index (χ0n) is 5.19. The van der Waals surface area contributed by atoms with Crippen molar-refractivity contribution in [2.24, 2.45) is 0 Å². The largest absolute Gasteiger partial charge is 0.305 e.